The molecular weight excluding hydrogens is 342 g/mol. The molecule has 3 nitrogen and oxygen atoms in total. The first-order chi connectivity index (χ1) is 10.1. The van der Waals surface area contributed by atoms with E-state index < -0.39 is 11.8 Å². The molecule has 6 heteroatoms. The standard InChI is InChI=1S/C15H13BrF2N2O/c16-12-9-11(17)5-6-14(12)20-15(21)19-8-7-10-3-1-2-4-13(10)18/h1-6,9H,7-8H2,(H2,19,20,21). The summed E-state index contributed by atoms with van der Waals surface area (Å²) >= 11 is 3.16. The van der Waals surface area contributed by atoms with E-state index in [2.05, 4.69) is 26.6 Å². The Kier molecular flexibility index (Phi) is 5.27. The lowest BCUT2D eigenvalue weighted by molar-refractivity contribution is 0.252. The van der Waals surface area contributed by atoms with Gasteiger partial charge in [0.15, 0.2) is 0 Å². The highest BCUT2D eigenvalue weighted by atomic mass is 79.9. The van der Waals surface area contributed by atoms with Gasteiger partial charge in [0.05, 0.1) is 5.69 Å². The first-order valence-corrected chi connectivity index (χ1v) is 7.09. The summed E-state index contributed by atoms with van der Waals surface area (Å²) in [5.74, 6) is -0.687. The van der Waals surface area contributed by atoms with Crippen LogP contribution < -0.4 is 10.6 Å². The highest BCUT2D eigenvalue weighted by Gasteiger charge is 2.06. The third-order valence-electron chi connectivity index (χ3n) is 2.82. The van der Waals surface area contributed by atoms with Gasteiger partial charge in [0.25, 0.3) is 0 Å². The van der Waals surface area contributed by atoms with E-state index in [0.29, 0.717) is 28.7 Å². The van der Waals surface area contributed by atoms with E-state index in [9.17, 15) is 13.6 Å². The molecule has 2 amide bonds. The van der Waals surface area contributed by atoms with Gasteiger partial charge in [-0.2, -0.15) is 0 Å². The number of rotatable bonds is 4. The Bertz CT molecular complexity index is 649. The predicted molar refractivity (Wildman–Crippen MR) is 81.2 cm³/mol. The zero-order chi connectivity index (χ0) is 15.2. The number of benzene rings is 2. The lowest BCUT2D eigenvalue weighted by atomic mass is 10.1. The second-order valence-corrected chi connectivity index (χ2v) is 5.20. The van der Waals surface area contributed by atoms with Crippen LogP contribution in [-0.4, -0.2) is 12.6 Å². The molecule has 2 aromatic rings. The molecule has 0 aliphatic rings. The largest absolute Gasteiger partial charge is 0.338 e. The topological polar surface area (TPSA) is 41.1 Å². The molecule has 0 saturated heterocycles. The lowest BCUT2D eigenvalue weighted by Gasteiger charge is -2.09. The Labute approximate surface area is 129 Å². The number of nitrogens with one attached hydrogen (secondary N) is 2. The molecule has 0 unspecified atom stereocenters. The van der Waals surface area contributed by atoms with Crippen LogP contribution in [0.25, 0.3) is 0 Å². The fraction of sp³-hybridized carbons (Fsp3) is 0.133. The van der Waals surface area contributed by atoms with Gasteiger partial charge >= 0.3 is 6.03 Å². The van der Waals surface area contributed by atoms with Crippen molar-refractivity contribution >= 4 is 27.6 Å². The van der Waals surface area contributed by atoms with Gasteiger partial charge in [-0.15, -0.1) is 0 Å². The second-order valence-electron chi connectivity index (χ2n) is 4.35. The summed E-state index contributed by atoms with van der Waals surface area (Å²) in [5.41, 5.74) is 1.00. The Hall–Kier alpha value is -1.95. The Balaban J connectivity index is 1.84. The number of hydrogen-bond acceptors (Lipinski definition) is 1. The second kappa shape index (κ2) is 7.17. The molecule has 2 aromatic carbocycles. The number of carbonyl (C=O) groups is 1. The average Bonchev–Trinajstić information content (AvgIpc) is 2.44. The fourth-order valence-electron chi connectivity index (χ4n) is 1.77. The van der Waals surface area contributed by atoms with Crippen LogP contribution in [0.4, 0.5) is 19.3 Å². The first kappa shape index (κ1) is 15.4. The van der Waals surface area contributed by atoms with Crippen LogP contribution in [0, 0.1) is 11.6 Å². The summed E-state index contributed by atoms with van der Waals surface area (Å²) in [4.78, 5) is 11.7. The molecule has 0 aliphatic heterocycles. The minimum Gasteiger partial charge on any atom is -0.338 e. The summed E-state index contributed by atoms with van der Waals surface area (Å²) in [6, 6.07) is 9.94. The molecule has 2 rings (SSSR count). The van der Waals surface area contributed by atoms with Crippen LogP contribution in [0.2, 0.25) is 0 Å². The number of carbonyl (C=O) groups excluding carboxylic acids is 1. The normalized spacial score (nSPS) is 10.2. The van der Waals surface area contributed by atoms with Crippen molar-refractivity contribution in [3.63, 3.8) is 0 Å². The molecule has 0 fully saturated rings. The molecule has 0 aliphatic carbocycles. The lowest BCUT2D eigenvalue weighted by Crippen LogP contribution is -2.30. The Morgan fingerprint density at radius 1 is 1.14 bits per heavy atom. The summed E-state index contributed by atoms with van der Waals surface area (Å²) in [6.45, 7) is 0.297. The van der Waals surface area contributed by atoms with Crippen LogP contribution in [-0.2, 0) is 6.42 Å². The molecule has 110 valence electrons. The molecule has 0 bridgehead atoms. The van der Waals surface area contributed by atoms with Crippen molar-refractivity contribution in [1.29, 1.82) is 0 Å². The third-order valence-corrected chi connectivity index (χ3v) is 3.47. The van der Waals surface area contributed by atoms with Crippen molar-refractivity contribution in [3.05, 3.63) is 64.1 Å². The summed E-state index contributed by atoms with van der Waals surface area (Å²) in [7, 11) is 0. The summed E-state index contributed by atoms with van der Waals surface area (Å²) in [5, 5.41) is 5.20. The molecule has 0 heterocycles. The summed E-state index contributed by atoms with van der Waals surface area (Å²) in [6.07, 6.45) is 0.394. The number of urea groups is 1. The van der Waals surface area contributed by atoms with Crippen molar-refractivity contribution in [3.8, 4) is 0 Å². The van der Waals surface area contributed by atoms with Gasteiger partial charge in [0.1, 0.15) is 11.6 Å². The van der Waals surface area contributed by atoms with Crippen LogP contribution in [0.3, 0.4) is 0 Å². The molecule has 0 atom stereocenters. The molecule has 21 heavy (non-hydrogen) atoms. The number of hydrogen-bond donors (Lipinski definition) is 2. The maximum absolute atomic E-state index is 13.4. The zero-order valence-electron chi connectivity index (χ0n) is 11.0. The van der Waals surface area contributed by atoms with Crippen LogP contribution in [0.1, 0.15) is 5.56 Å². The SMILES string of the molecule is O=C(NCCc1ccccc1F)Nc1ccc(F)cc1Br. The molecule has 0 saturated carbocycles. The van der Waals surface area contributed by atoms with Crippen LogP contribution in [0.5, 0.6) is 0 Å². The average molecular weight is 355 g/mol. The summed E-state index contributed by atoms with van der Waals surface area (Å²) < 4.78 is 26.8. The van der Waals surface area contributed by atoms with E-state index >= 15 is 0 Å². The van der Waals surface area contributed by atoms with E-state index in [1.807, 2.05) is 0 Å². The van der Waals surface area contributed by atoms with Crippen molar-refractivity contribution in [2.75, 3.05) is 11.9 Å². The maximum atomic E-state index is 13.4. The first-order valence-electron chi connectivity index (χ1n) is 6.29. The van der Waals surface area contributed by atoms with Crippen molar-refractivity contribution in [2.24, 2.45) is 0 Å². The minimum absolute atomic E-state index is 0.291. The van der Waals surface area contributed by atoms with E-state index in [1.54, 1.807) is 18.2 Å². The zero-order valence-corrected chi connectivity index (χ0v) is 12.6. The monoisotopic (exact) mass is 354 g/mol. The Morgan fingerprint density at radius 3 is 2.62 bits per heavy atom. The van der Waals surface area contributed by atoms with E-state index in [-0.39, 0.29) is 5.82 Å². The maximum Gasteiger partial charge on any atom is 0.319 e. The third kappa shape index (κ3) is 4.53. The van der Waals surface area contributed by atoms with Crippen LogP contribution >= 0.6 is 15.9 Å². The Morgan fingerprint density at radius 2 is 1.90 bits per heavy atom. The van der Waals surface area contributed by atoms with Gasteiger partial charge in [-0.1, -0.05) is 18.2 Å². The smallest absolute Gasteiger partial charge is 0.319 e. The molecule has 0 spiro atoms. The van der Waals surface area contributed by atoms with Gasteiger partial charge in [-0.25, -0.2) is 13.6 Å². The number of anilines is 1. The predicted octanol–water partition coefficient (Wildman–Crippen LogP) is 4.09. The quantitative estimate of drug-likeness (QED) is 0.852. The fourth-order valence-corrected chi connectivity index (χ4v) is 2.22. The molecular formula is C15H13BrF2N2O. The van der Waals surface area contributed by atoms with Gasteiger partial charge in [0, 0.05) is 11.0 Å². The minimum atomic E-state index is -0.432. The molecule has 0 radical (unpaired) electrons. The highest BCUT2D eigenvalue weighted by Crippen LogP contribution is 2.22. The van der Waals surface area contributed by atoms with Crippen molar-refractivity contribution in [1.82, 2.24) is 5.32 Å². The van der Waals surface area contributed by atoms with E-state index in [1.165, 1.54) is 24.3 Å². The van der Waals surface area contributed by atoms with E-state index in [4.69, 9.17) is 0 Å². The molecule has 2 N–H and O–H groups in total. The van der Waals surface area contributed by atoms with Gasteiger partial charge < -0.3 is 10.6 Å². The van der Waals surface area contributed by atoms with E-state index in [0.717, 1.165) is 0 Å². The highest BCUT2D eigenvalue weighted by molar-refractivity contribution is 9.10. The van der Waals surface area contributed by atoms with Gasteiger partial charge in [-0.3, -0.25) is 0 Å². The van der Waals surface area contributed by atoms with Gasteiger partial charge in [0.2, 0.25) is 0 Å². The van der Waals surface area contributed by atoms with Crippen molar-refractivity contribution in [2.45, 2.75) is 6.42 Å². The number of halogens is 3. The van der Waals surface area contributed by atoms with Crippen LogP contribution in [0.15, 0.2) is 46.9 Å². The number of amides is 2. The van der Waals surface area contributed by atoms with Crippen molar-refractivity contribution < 1.29 is 13.6 Å². The molecule has 0 aromatic heterocycles. The van der Waals surface area contributed by atoms with Gasteiger partial charge in [-0.05, 0) is 52.2 Å².